The summed E-state index contributed by atoms with van der Waals surface area (Å²) in [5.74, 6) is 0.265. The van der Waals surface area contributed by atoms with Crippen LogP contribution in [0.15, 0.2) is 40.9 Å². The number of rotatable bonds is 9. The standard InChI is InChI=1S/C21H22BrCl2N3O4S/c1-2-13-5-7-17(15(22)10-13)31-12-20(29)25-21(32)27-26-19(28)4-3-9-30-18-8-6-14(23)11-16(18)24/h5-8,10-11H,2-4,9,12H2,1H3,(H,26,28)(H2,25,27,29,32). The molecule has 0 aliphatic heterocycles. The molecule has 0 unspecified atom stereocenters. The van der Waals surface area contributed by atoms with Crippen molar-refractivity contribution >= 4 is 68.3 Å². The van der Waals surface area contributed by atoms with Gasteiger partial charge in [0.25, 0.3) is 5.91 Å². The van der Waals surface area contributed by atoms with Gasteiger partial charge in [-0.3, -0.25) is 25.8 Å². The van der Waals surface area contributed by atoms with Crippen LogP contribution in [-0.2, 0) is 16.0 Å². The third kappa shape index (κ3) is 9.20. The number of ether oxygens (including phenoxy) is 2. The third-order valence-corrected chi connectivity index (χ3v) is 5.39. The van der Waals surface area contributed by atoms with Gasteiger partial charge in [-0.2, -0.15) is 0 Å². The molecule has 2 aromatic rings. The first-order valence-electron chi connectivity index (χ1n) is 9.66. The van der Waals surface area contributed by atoms with Gasteiger partial charge in [-0.15, -0.1) is 0 Å². The number of carbonyl (C=O) groups excluding carboxylic acids is 2. The average Bonchev–Trinajstić information content (AvgIpc) is 2.75. The highest BCUT2D eigenvalue weighted by atomic mass is 79.9. The lowest BCUT2D eigenvalue weighted by Crippen LogP contribution is -2.49. The van der Waals surface area contributed by atoms with Crippen molar-refractivity contribution in [2.45, 2.75) is 26.2 Å². The van der Waals surface area contributed by atoms with Gasteiger partial charge in [0, 0.05) is 11.4 Å². The molecule has 2 amide bonds. The van der Waals surface area contributed by atoms with Gasteiger partial charge in [-0.1, -0.05) is 36.2 Å². The molecule has 0 radical (unpaired) electrons. The van der Waals surface area contributed by atoms with Crippen LogP contribution < -0.4 is 25.6 Å². The van der Waals surface area contributed by atoms with E-state index in [2.05, 4.69) is 32.1 Å². The monoisotopic (exact) mass is 561 g/mol. The number of benzene rings is 2. The number of hydrazine groups is 1. The van der Waals surface area contributed by atoms with Crippen molar-refractivity contribution in [2.75, 3.05) is 13.2 Å². The van der Waals surface area contributed by atoms with Crippen LogP contribution in [0.4, 0.5) is 0 Å². The highest BCUT2D eigenvalue weighted by Gasteiger charge is 2.09. The molecule has 0 aromatic heterocycles. The molecule has 0 spiro atoms. The predicted molar refractivity (Wildman–Crippen MR) is 132 cm³/mol. The Balaban J connectivity index is 1.61. The second kappa shape index (κ2) is 13.5. The molecular formula is C21H22BrCl2N3O4S. The number of hydrogen-bond donors (Lipinski definition) is 3. The first kappa shape index (κ1) is 26.2. The fraction of sp³-hybridized carbons (Fsp3) is 0.286. The molecule has 0 atom stereocenters. The second-order valence-electron chi connectivity index (χ2n) is 6.48. The summed E-state index contributed by atoms with van der Waals surface area (Å²) in [6, 6.07) is 10.6. The van der Waals surface area contributed by atoms with E-state index in [4.69, 9.17) is 44.9 Å². The summed E-state index contributed by atoms with van der Waals surface area (Å²) in [6.45, 7) is 2.11. The minimum absolute atomic E-state index is 0.0449. The quantitative estimate of drug-likeness (QED) is 0.235. The normalized spacial score (nSPS) is 10.2. The minimum Gasteiger partial charge on any atom is -0.492 e. The van der Waals surface area contributed by atoms with E-state index < -0.39 is 5.91 Å². The van der Waals surface area contributed by atoms with Crippen molar-refractivity contribution in [2.24, 2.45) is 0 Å². The van der Waals surface area contributed by atoms with Gasteiger partial charge >= 0.3 is 0 Å². The van der Waals surface area contributed by atoms with Crippen molar-refractivity contribution in [1.29, 1.82) is 0 Å². The zero-order valence-electron chi connectivity index (χ0n) is 17.2. The van der Waals surface area contributed by atoms with E-state index in [0.29, 0.717) is 34.6 Å². The molecule has 0 fully saturated rings. The van der Waals surface area contributed by atoms with Gasteiger partial charge < -0.3 is 9.47 Å². The highest BCUT2D eigenvalue weighted by molar-refractivity contribution is 9.10. The Hall–Kier alpha value is -2.07. The number of aryl methyl sites for hydroxylation is 1. The molecule has 0 aliphatic carbocycles. The van der Waals surface area contributed by atoms with E-state index in [1.54, 1.807) is 24.3 Å². The van der Waals surface area contributed by atoms with E-state index in [1.807, 2.05) is 19.1 Å². The van der Waals surface area contributed by atoms with E-state index >= 15 is 0 Å². The first-order valence-corrected chi connectivity index (χ1v) is 11.6. The summed E-state index contributed by atoms with van der Waals surface area (Å²) < 4.78 is 11.8. The number of thiocarbonyl (C=S) groups is 1. The number of amides is 2. The Morgan fingerprint density at radius 3 is 2.47 bits per heavy atom. The van der Waals surface area contributed by atoms with Crippen LogP contribution in [0.3, 0.4) is 0 Å². The van der Waals surface area contributed by atoms with Crippen LogP contribution >= 0.6 is 51.3 Å². The first-order chi connectivity index (χ1) is 15.3. The van der Waals surface area contributed by atoms with Crippen LogP contribution in [0.1, 0.15) is 25.3 Å². The largest absolute Gasteiger partial charge is 0.492 e. The van der Waals surface area contributed by atoms with Crippen LogP contribution in [0.5, 0.6) is 11.5 Å². The number of halogens is 3. The van der Waals surface area contributed by atoms with Gasteiger partial charge in [0.1, 0.15) is 11.5 Å². The summed E-state index contributed by atoms with van der Waals surface area (Å²) in [5, 5.41) is 3.30. The fourth-order valence-corrected chi connectivity index (χ4v) is 3.58. The summed E-state index contributed by atoms with van der Waals surface area (Å²) in [6.07, 6.45) is 1.53. The highest BCUT2D eigenvalue weighted by Crippen LogP contribution is 2.28. The Kier molecular flexibility index (Phi) is 11.0. The number of hydrogen-bond acceptors (Lipinski definition) is 5. The van der Waals surface area contributed by atoms with Crippen molar-refractivity contribution in [1.82, 2.24) is 16.2 Å². The maximum atomic E-state index is 12.0. The Bertz CT molecular complexity index is 978. The van der Waals surface area contributed by atoms with E-state index in [1.165, 1.54) is 0 Å². The Morgan fingerprint density at radius 2 is 1.78 bits per heavy atom. The lowest BCUT2D eigenvalue weighted by molar-refractivity contribution is -0.123. The van der Waals surface area contributed by atoms with Gasteiger partial charge in [-0.25, -0.2) is 0 Å². The Morgan fingerprint density at radius 1 is 1.03 bits per heavy atom. The SMILES string of the molecule is CCc1ccc(OCC(=O)NC(=S)NNC(=O)CCCOc2ccc(Cl)cc2Cl)c(Br)c1. The molecule has 172 valence electrons. The molecule has 2 aromatic carbocycles. The maximum absolute atomic E-state index is 12.0. The summed E-state index contributed by atoms with van der Waals surface area (Å²) in [7, 11) is 0. The molecule has 11 heteroatoms. The molecule has 0 saturated carbocycles. The van der Waals surface area contributed by atoms with Crippen LogP contribution in [-0.4, -0.2) is 30.1 Å². The van der Waals surface area contributed by atoms with Gasteiger partial charge in [0.05, 0.1) is 16.1 Å². The molecule has 0 bridgehead atoms. The molecular weight excluding hydrogens is 541 g/mol. The van der Waals surface area contributed by atoms with E-state index in [9.17, 15) is 9.59 Å². The van der Waals surface area contributed by atoms with Crippen molar-refractivity contribution in [3.63, 3.8) is 0 Å². The molecule has 7 nitrogen and oxygen atoms in total. The third-order valence-electron chi connectivity index (χ3n) is 4.03. The molecule has 0 saturated heterocycles. The predicted octanol–water partition coefficient (Wildman–Crippen LogP) is 4.58. The molecule has 0 aliphatic rings. The lowest BCUT2D eigenvalue weighted by atomic mass is 10.2. The van der Waals surface area contributed by atoms with Gasteiger partial charge in [0.15, 0.2) is 11.7 Å². The van der Waals surface area contributed by atoms with E-state index in [-0.39, 0.29) is 24.0 Å². The summed E-state index contributed by atoms with van der Waals surface area (Å²) in [5.41, 5.74) is 6.03. The maximum Gasteiger partial charge on any atom is 0.264 e. The molecule has 2 rings (SSSR count). The molecule has 3 N–H and O–H groups in total. The zero-order chi connectivity index (χ0) is 23.5. The number of carbonyl (C=O) groups is 2. The van der Waals surface area contributed by atoms with E-state index in [0.717, 1.165) is 16.5 Å². The zero-order valence-corrected chi connectivity index (χ0v) is 21.1. The Labute approximate surface area is 210 Å². The smallest absolute Gasteiger partial charge is 0.264 e. The van der Waals surface area contributed by atoms with Gasteiger partial charge in [-0.05, 0) is 76.9 Å². The minimum atomic E-state index is -0.462. The summed E-state index contributed by atoms with van der Waals surface area (Å²) in [4.78, 5) is 23.9. The topological polar surface area (TPSA) is 88.7 Å². The van der Waals surface area contributed by atoms with Crippen molar-refractivity contribution in [3.05, 3.63) is 56.5 Å². The van der Waals surface area contributed by atoms with Crippen LogP contribution in [0, 0.1) is 0 Å². The molecule has 32 heavy (non-hydrogen) atoms. The second-order valence-corrected chi connectivity index (χ2v) is 8.59. The number of nitrogens with one attached hydrogen (secondary N) is 3. The van der Waals surface area contributed by atoms with Crippen LogP contribution in [0.2, 0.25) is 10.0 Å². The van der Waals surface area contributed by atoms with Crippen molar-refractivity contribution < 1.29 is 19.1 Å². The summed E-state index contributed by atoms with van der Waals surface area (Å²) >= 11 is 20.2. The average molecular weight is 563 g/mol. The molecule has 0 heterocycles. The van der Waals surface area contributed by atoms with Crippen LogP contribution in [0.25, 0.3) is 0 Å². The fourth-order valence-electron chi connectivity index (χ4n) is 2.41. The van der Waals surface area contributed by atoms with Gasteiger partial charge in [0.2, 0.25) is 5.91 Å². The van der Waals surface area contributed by atoms with Crippen molar-refractivity contribution in [3.8, 4) is 11.5 Å². The lowest BCUT2D eigenvalue weighted by Gasteiger charge is -2.12.